The first-order valence-electron chi connectivity index (χ1n) is 14.3. The summed E-state index contributed by atoms with van der Waals surface area (Å²) in [5.41, 5.74) is 2.15. The molecule has 1 aromatic heterocycles. The number of imidazole rings is 1. The Balaban J connectivity index is 1.51. The second-order valence-electron chi connectivity index (χ2n) is 10.6. The highest BCUT2D eigenvalue weighted by Gasteiger charge is 2.46. The number of benzene rings is 2. The molecule has 1 fully saturated rings. The number of aryl methyl sites for hydroxylation is 1. The van der Waals surface area contributed by atoms with Crippen molar-refractivity contribution in [3.8, 4) is 17.2 Å². The highest BCUT2D eigenvalue weighted by atomic mass is 16.5. The van der Waals surface area contributed by atoms with Gasteiger partial charge < -0.3 is 28.8 Å². The summed E-state index contributed by atoms with van der Waals surface area (Å²) in [6.45, 7) is 5.64. The lowest BCUT2D eigenvalue weighted by Crippen LogP contribution is -2.31. The summed E-state index contributed by atoms with van der Waals surface area (Å²) in [7, 11) is 1.56. The highest BCUT2D eigenvalue weighted by molar-refractivity contribution is 6.46. The van der Waals surface area contributed by atoms with E-state index in [2.05, 4.69) is 11.9 Å². The van der Waals surface area contributed by atoms with E-state index in [-0.39, 0.29) is 17.4 Å². The average Bonchev–Trinajstić information content (AvgIpc) is 3.69. The number of Topliss-reactive ketones (excluding diaryl/α,β-unsaturated/α-hetero) is 1. The minimum Gasteiger partial charge on any atom is -0.507 e. The van der Waals surface area contributed by atoms with E-state index in [1.807, 2.05) is 29.8 Å². The molecular formula is C32H37N3O6. The van der Waals surface area contributed by atoms with Crippen LogP contribution < -0.4 is 14.2 Å². The third kappa shape index (κ3) is 5.94. The SMILES string of the molecule is CCCCCOc1ccc(C2/C(=C(\O)c3ccc4c(c3)CC(C)O4)C(=O)C(=O)N2CCCn2ccnc2)cc1OC. The summed E-state index contributed by atoms with van der Waals surface area (Å²) in [4.78, 5) is 32.5. The summed E-state index contributed by atoms with van der Waals surface area (Å²) < 4.78 is 19.3. The quantitative estimate of drug-likeness (QED) is 0.139. The van der Waals surface area contributed by atoms with Crippen molar-refractivity contribution in [3.05, 3.63) is 77.4 Å². The van der Waals surface area contributed by atoms with Gasteiger partial charge in [0, 0.05) is 37.5 Å². The fourth-order valence-electron chi connectivity index (χ4n) is 5.53. The first-order valence-corrected chi connectivity index (χ1v) is 14.3. The molecule has 2 aromatic carbocycles. The Hall–Kier alpha value is -4.27. The van der Waals surface area contributed by atoms with Gasteiger partial charge in [-0.05, 0) is 61.2 Å². The molecule has 5 rings (SSSR count). The molecule has 0 bridgehead atoms. The first-order chi connectivity index (χ1) is 19.9. The van der Waals surface area contributed by atoms with Gasteiger partial charge in [0.15, 0.2) is 11.5 Å². The van der Waals surface area contributed by atoms with E-state index in [0.29, 0.717) is 55.2 Å². The first kappa shape index (κ1) is 28.3. The molecule has 9 heteroatoms. The topological polar surface area (TPSA) is 103 Å². The van der Waals surface area contributed by atoms with E-state index >= 15 is 0 Å². The largest absolute Gasteiger partial charge is 0.507 e. The van der Waals surface area contributed by atoms with Gasteiger partial charge >= 0.3 is 0 Å². The summed E-state index contributed by atoms with van der Waals surface area (Å²) in [6, 6.07) is 10.0. The molecule has 0 saturated carbocycles. The molecule has 3 heterocycles. The number of carbonyl (C=O) groups excluding carboxylic acids is 2. The minimum atomic E-state index is -0.788. The van der Waals surface area contributed by atoms with E-state index in [4.69, 9.17) is 14.2 Å². The van der Waals surface area contributed by atoms with Gasteiger partial charge in [0.05, 0.1) is 31.7 Å². The van der Waals surface area contributed by atoms with Crippen molar-refractivity contribution < 1.29 is 28.9 Å². The standard InChI is InChI=1S/C32H37N3O6/c1-4-5-6-16-40-26-11-8-22(19-27(26)39-3)29-28(30(36)23-9-10-25-24(18-23)17-21(2)41-25)31(37)32(38)35(29)14-7-13-34-15-12-33-20-34/h8-12,15,18-21,29,36H,4-7,13-14,16-17H2,1-3H3/b30-28+. The monoisotopic (exact) mass is 559 g/mol. The van der Waals surface area contributed by atoms with E-state index in [1.165, 1.54) is 0 Å². The molecular weight excluding hydrogens is 522 g/mol. The number of aromatic nitrogens is 2. The number of likely N-dealkylation sites (tertiary alicyclic amines) is 1. The molecule has 2 unspecified atom stereocenters. The Morgan fingerprint density at radius 2 is 1.95 bits per heavy atom. The Labute approximate surface area is 240 Å². The Morgan fingerprint density at radius 1 is 1.10 bits per heavy atom. The zero-order valence-corrected chi connectivity index (χ0v) is 23.8. The van der Waals surface area contributed by atoms with Crippen LogP contribution in [0.3, 0.4) is 0 Å². The van der Waals surface area contributed by atoms with Crippen molar-refractivity contribution in [1.29, 1.82) is 0 Å². The van der Waals surface area contributed by atoms with Gasteiger partial charge in [-0.3, -0.25) is 9.59 Å². The molecule has 0 spiro atoms. The number of rotatable bonds is 12. The van der Waals surface area contributed by atoms with E-state index in [1.54, 1.807) is 48.8 Å². The zero-order valence-electron chi connectivity index (χ0n) is 23.8. The van der Waals surface area contributed by atoms with Crippen LogP contribution in [0.2, 0.25) is 0 Å². The molecule has 1 saturated heterocycles. The van der Waals surface area contributed by atoms with Gasteiger partial charge in [0.2, 0.25) is 0 Å². The Morgan fingerprint density at radius 3 is 2.71 bits per heavy atom. The Bertz CT molecular complexity index is 1430. The van der Waals surface area contributed by atoms with Crippen molar-refractivity contribution in [2.24, 2.45) is 0 Å². The number of aliphatic hydroxyl groups excluding tert-OH is 1. The van der Waals surface area contributed by atoms with Crippen LogP contribution in [0.5, 0.6) is 17.2 Å². The van der Waals surface area contributed by atoms with Crippen LogP contribution >= 0.6 is 0 Å². The number of ether oxygens (including phenoxy) is 3. The third-order valence-electron chi connectivity index (χ3n) is 7.59. The van der Waals surface area contributed by atoms with Gasteiger partial charge in [0.1, 0.15) is 17.6 Å². The van der Waals surface area contributed by atoms with E-state index < -0.39 is 17.7 Å². The van der Waals surface area contributed by atoms with Crippen LogP contribution in [0, 0.1) is 0 Å². The summed E-state index contributed by atoms with van der Waals surface area (Å²) in [6.07, 6.45) is 9.72. The number of nitrogens with zero attached hydrogens (tertiary/aromatic N) is 3. The maximum absolute atomic E-state index is 13.5. The van der Waals surface area contributed by atoms with Crippen LogP contribution in [0.1, 0.15) is 62.3 Å². The van der Waals surface area contributed by atoms with Gasteiger partial charge in [-0.15, -0.1) is 0 Å². The summed E-state index contributed by atoms with van der Waals surface area (Å²) in [5.74, 6) is 0.318. The summed E-state index contributed by atoms with van der Waals surface area (Å²) in [5, 5.41) is 11.5. The van der Waals surface area contributed by atoms with Crippen molar-refractivity contribution in [2.45, 2.75) is 64.6 Å². The number of unbranched alkanes of at least 4 members (excludes halogenated alkanes) is 2. The number of amides is 1. The van der Waals surface area contributed by atoms with E-state index in [9.17, 15) is 14.7 Å². The molecule has 9 nitrogen and oxygen atoms in total. The van der Waals surface area contributed by atoms with Crippen LogP contribution in [0.25, 0.3) is 5.76 Å². The zero-order chi connectivity index (χ0) is 28.9. The number of carbonyl (C=O) groups is 2. The van der Waals surface area contributed by atoms with Gasteiger partial charge in [-0.2, -0.15) is 0 Å². The smallest absolute Gasteiger partial charge is 0.295 e. The van der Waals surface area contributed by atoms with Crippen molar-refractivity contribution in [3.63, 3.8) is 0 Å². The molecule has 216 valence electrons. The second-order valence-corrected chi connectivity index (χ2v) is 10.6. The molecule has 3 aromatic rings. The second kappa shape index (κ2) is 12.5. The number of hydrogen-bond donors (Lipinski definition) is 1. The number of methoxy groups -OCH3 is 1. The van der Waals surface area contributed by atoms with Crippen LogP contribution in [-0.2, 0) is 22.6 Å². The molecule has 1 amide bonds. The third-order valence-corrected chi connectivity index (χ3v) is 7.59. The number of aliphatic hydroxyl groups is 1. The fraction of sp³-hybridized carbons (Fsp3) is 0.406. The maximum atomic E-state index is 13.5. The maximum Gasteiger partial charge on any atom is 0.295 e. The van der Waals surface area contributed by atoms with Gasteiger partial charge in [0.25, 0.3) is 11.7 Å². The van der Waals surface area contributed by atoms with Crippen molar-refractivity contribution >= 4 is 17.4 Å². The lowest BCUT2D eigenvalue weighted by Gasteiger charge is -2.26. The average molecular weight is 560 g/mol. The minimum absolute atomic E-state index is 0.0404. The predicted octanol–water partition coefficient (Wildman–Crippen LogP) is 5.30. The van der Waals surface area contributed by atoms with Gasteiger partial charge in [-0.25, -0.2) is 4.98 Å². The number of fused-ring (bicyclic) bond motifs is 1. The van der Waals surface area contributed by atoms with Crippen molar-refractivity contribution in [1.82, 2.24) is 14.5 Å². The number of ketones is 1. The normalized spacial score (nSPS) is 19.3. The molecule has 41 heavy (non-hydrogen) atoms. The van der Waals surface area contributed by atoms with E-state index in [0.717, 1.165) is 30.6 Å². The molecule has 0 aliphatic carbocycles. The van der Waals surface area contributed by atoms with Crippen LogP contribution in [-0.4, -0.2) is 57.6 Å². The molecule has 2 aliphatic heterocycles. The highest BCUT2D eigenvalue weighted by Crippen LogP contribution is 2.43. The summed E-state index contributed by atoms with van der Waals surface area (Å²) >= 11 is 0. The molecule has 2 aliphatic rings. The predicted molar refractivity (Wildman–Crippen MR) is 154 cm³/mol. The molecule has 1 N–H and O–H groups in total. The lowest BCUT2D eigenvalue weighted by atomic mass is 9.94. The van der Waals surface area contributed by atoms with Gasteiger partial charge in [-0.1, -0.05) is 25.8 Å². The molecule has 0 radical (unpaired) electrons. The number of hydrogen-bond acceptors (Lipinski definition) is 7. The van der Waals surface area contributed by atoms with Crippen LogP contribution in [0.4, 0.5) is 0 Å². The molecule has 2 atom stereocenters. The lowest BCUT2D eigenvalue weighted by molar-refractivity contribution is -0.139. The Kier molecular flexibility index (Phi) is 8.61. The van der Waals surface area contributed by atoms with Crippen molar-refractivity contribution in [2.75, 3.05) is 20.3 Å². The fourth-order valence-corrected chi connectivity index (χ4v) is 5.53. The van der Waals surface area contributed by atoms with Crippen LogP contribution in [0.15, 0.2) is 60.7 Å².